The predicted molar refractivity (Wildman–Crippen MR) is 64.0 cm³/mol. The number of nitrogens with zero attached hydrogens (tertiary/aromatic N) is 2. The van der Waals surface area contributed by atoms with Crippen molar-refractivity contribution in [3.05, 3.63) is 47.4 Å². The molecule has 1 N–H and O–H groups in total. The van der Waals surface area contributed by atoms with E-state index in [0.29, 0.717) is 36.8 Å². The fourth-order valence-corrected chi connectivity index (χ4v) is 1.49. The molecule has 1 aromatic heterocycles. The van der Waals surface area contributed by atoms with E-state index in [-0.39, 0.29) is 5.82 Å². The quantitative estimate of drug-likeness (QED) is 0.641. The Labute approximate surface area is 104 Å². The lowest BCUT2D eigenvalue weighted by molar-refractivity contribution is 0.366. The van der Waals surface area contributed by atoms with Gasteiger partial charge in [0.15, 0.2) is 5.82 Å². The van der Waals surface area contributed by atoms with Crippen LogP contribution in [-0.4, -0.2) is 16.7 Å². The minimum Gasteiger partial charge on any atom is -0.338 e. The van der Waals surface area contributed by atoms with Crippen LogP contribution in [-0.2, 0) is 13.0 Å². The first-order valence-corrected chi connectivity index (χ1v) is 5.48. The van der Waals surface area contributed by atoms with Gasteiger partial charge in [-0.3, -0.25) is 5.32 Å². The summed E-state index contributed by atoms with van der Waals surface area (Å²) in [6.45, 7) is 0.847. The molecule has 0 aliphatic carbocycles. The zero-order valence-corrected chi connectivity index (χ0v) is 9.69. The van der Waals surface area contributed by atoms with Gasteiger partial charge in [-0.15, -0.1) is 6.42 Å². The monoisotopic (exact) mass is 245 g/mol. The van der Waals surface area contributed by atoms with Crippen LogP contribution in [0.2, 0.25) is 0 Å². The summed E-state index contributed by atoms with van der Waals surface area (Å²) in [5, 5.41) is 6.72. The second kappa shape index (κ2) is 5.94. The van der Waals surface area contributed by atoms with Crippen LogP contribution in [0.15, 0.2) is 28.8 Å². The highest BCUT2D eigenvalue weighted by Gasteiger charge is 2.09. The van der Waals surface area contributed by atoms with Gasteiger partial charge in [0.25, 0.3) is 0 Å². The molecule has 0 aliphatic heterocycles. The van der Waals surface area contributed by atoms with Crippen molar-refractivity contribution in [3.63, 3.8) is 0 Å². The molecule has 4 nitrogen and oxygen atoms in total. The van der Waals surface area contributed by atoms with E-state index in [1.54, 1.807) is 18.2 Å². The number of terminal acetylenes is 1. The average molecular weight is 245 g/mol. The van der Waals surface area contributed by atoms with Crippen molar-refractivity contribution < 1.29 is 8.91 Å². The van der Waals surface area contributed by atoms with Crippen LogP contribution < -0.4 is 5.32 Å². The average Bonchev–Trinajstić information content (AvgIpc) is 2.80. The lowest BCUT2D eigenvalue weighted by atomic mass is 10.1. The summed E-state index contributed by atoms with van der Waals surface area (Å²) in [6.07, 6.45) is 5.41. The minimum atomic E-state index is -0.269. The van der Waals surface area contributed by atoms with Gasteiger partial charge in [-0.2, -0.15) is 4.98 Å². The van der Waals surface area contributed by atoms with Crippen LogP contribution in [0.25, 0.3) is 0 Å². The van der Waals surface area contributed by atoms with Gasteiger partial charge < -0.3 is 4.52 Å². The van der Waals surface area contributed by atoms with Gasteiger partial charge in [-0.25, -0.2) is 4.39 Å². The molecule has 0 spiro atoms. The van der Waals surface area contributed by atoms with Crippen molar-refractivity contribution >= 4 is 0 Å². The molecular weight excluding hydrogens is 233 g/mol. The van der Waals surface area contributed by atoms with E-state index in [0.717, 1.165) is 0 Å². The molecule has 0 unspecified atom stereocenters. The van der Waals surface area contributed by atoms with E-state index < -0.39 is 0 Å². The Balaban J connectivity index is 1.99. The molecule has 1 aromatic carbocycles. The van der Waals surface area contributed by atoms with Gasteiger partial charge in [-0.05, 0) is 11.6 Å². The Morgan fingerprint density at radius 1 is 1.39 bits per heavy atom. The Morgan fingerprint density at radius 3 is 3.00 bits per heavy atom. The fraction of sp³-hybridized carbons (Fsp3) is 0.231. The first kappa shape index (κ1) is 12.3. The third-order valence-corrected chi connectivity index (χ3v) is 2.32. The maximum atomic E-state index is 13.4. The number of hydrogen-bond acceptors (Lipinski definition) is 4. The van der Waals surface area contributed by atoms with Crippen molar-refractivity contribution in [1.82, 2.24) is 15.5 Å². The highest BCUT2D eigenvalue weighted by atomic mass is 19.1. The molecule has 0 saturated carbocycles. The van der Waals surface area contributed by atoms with Crippen molar-refractivity contribution in [2.24, 2.45) is 0 Å². The maximum absolute atomic E-state index is 13.4. The molecule has 0 bridgehead atoms. The highest BCUT2D eigenvalue weighted by molar-refractivity contribution is 5.20. The van der Waals surface area contributed by atoms with Gasteiger partial charge in [0, 0.05) is 6.42 Å². The fourth-order valence-electron chi connectivity index (χ4n) is 1.49. The number of benzene rings is 1. The van der Waals surface area contributed by atoms with Crippen LogP contribution in [0, 0.1) is 18.2 Å². The third kappa shape index (κ3) is 3.15. The molecule has 92 valence electrons. The van der Waals surface area contributed by atoms with Crippen molar-refractivity contribution in [2.45, 2.75) is 13.0 Å². The molecule has 1 heterocycles. The van der Waals surface area contributed by atoms with E-state index in [4.69, 9.17) is 10.9 Å². The summed E-state index contributed by atoms with van der Waals surface area (Å²) >= 11 is 0. The van der Waals surface area contributed by atoms with E-state index in [1.165, 1.54) is 6.07 Å². The van der Waals surface area contributed by atoms with Gasteiger partial charge >= 0.3 is 0 Å². The summed E-state index contributed by atoms with van der Waals surface area (Å²) in [7, 11) is 0. The SMILES string of the molecule is C#CCNCc1nc(Cc2ccccc2F)no1. The molecular formula is C13H12FN3O. The second-order valence-corrected chi connectivity index (χ2v) is 3.68. The molecule has 2 rings (SSSR count). The molecule has 5 heteroatoms. The zero-order chi connectivity index (χ0) is 12.8. The zero-order valence-electron chi connectivity index (χ0n) is 9.69. The van der Waals surface area contributed by atoms with E-state index in [9.17, 15) is 4.39 Å². The Bertz CT molecular complexity index is 559. The van der Waals surface area contributed by atoms with E-state index >= 15 is 0 Å². The van der Waals surface area contributed by atoms with E-state index in [1.807, 2.05) is 0 Å². The number of nitrogens with one attached hydrogen (secondary N) is 1. The normalized spacial score (nSPS) is 10.2. The topological polar surface area (TPSA) is 51.0 Å². The number of halogens is 1. The van der Waals surface area contributed by atoms with Crippen LogP contribution in [0.1, 0.15) is 17.3 Å². The van der Waals surface area contributed by atoms with Crippen LogP contribution in [0.3, 0.4) is 0 Å². The lowest BCUT2D eigenvalue weighted by Gasteiger charge is -1.97. The molecule has 0 saturated heterocycles. The maximum Gasteiger partial charge on any atom is 0.240 e. The van der Waals surface area contributed by atoms with Gasteiger partial charge in [-0.1, -0.05) is 29.3 Å². The van der Waals surface area contributed by atoms with Crippen molar-refractivity contribution in [1.29, 1.82) is 0 Å². The van der Waals surface area contributed by atoms with Gasteiger partial charge in [0.2, 0.25) is 5.89 Å². The number of hydrogen-bond donors (Lipinski definition) is 1. The summed E-state index contributed by atoms with van der Waals surface area (Å²) in [4.78, 5) is 4.14. The summed E-state index contributed by atoms with van der Waals surface area (Å²) in [5.74, 6) is 3.07. The smallest absolute Gasteiger partial charge is 0.240 e. The first-order chi connectivity index (χ1) is 8.79. The molecule has 0 atom stereocenters. The molecule has 0 radical (unpaired) electrons. The molecule has 0 fully saturated rings. The first-order valence-electron chi connectivity index (χ1n) is 5.48. The summed E-state index contributed by atoms with van der Waals surface area (Å²) in [5.41, 5.74) is 0.543. The summed E-state index contributed by atoms with van der Waals surface area (Å²) < 4.78 is 18.4. The van der Waals surface area contributed by atoms with Crippen LogP contribution in [0.4, 0.5) is 4.39 Å². The molecule has 0 amide bonds. The Kier molecular flexibility index (Phi) is 4.05. The highest BCUT2D eigenvalue weighted by Crippen LogP contribution is 2.10. The molecule has 2 aromatic rings. The largest absolute Gasteiger partial charge is 0.338 e. The van der Waals surface area contributed by atoms with Crippen LogP contribution >= 0.6 is 0 Å². The number of aromatic nitrogens is 2. The standard InChI is InChI=1S/C13H12FN3O/c1-2-7-15-9-13-16-12(17-18-13)8-10-5-3-4-6-11(10)14/h1,3-6,15H,7-9H2. The molecule has 18 heavy (non-hydrogen) atoms. The lowest BCUT2D eigenvalue weighted by Crippen LogP contribution is -2.13. The Morgan fingerprint density at radius 2 is 2.22 bits per heavy atom. The Hall–Kier alpha value is -2.19. The van der Waals surface area contributed by atoms with Gasteiger partial charge in [0.1, 0.15) is 5.82 Å². The minimum absolute atomic E-state index is 0.269. The predicted octanol–water partition coefficient (Wildman–Crippen LogP) is 1.52. The molecule has 0 aliphatic rings. The van der Waals surface area contributed by atoms with E-state index in [2.05, 4.69) is 21.4 Å². The van der Waals surface area contributed by atoms with Crippen molar-refractivity contribution in [2.75, 3.05) is 6.54 Å². The second-order valence-electron chi connectivity index (χ2n) is 3.68. The summed E-state index contributed by atoms with van der Waals surface area (Å²) in [6, 6.07) is 6.52. The van der Waals surface area contributed by atoms with Crippen LogP contribution in [0.5, 0.6) is 0 Å². The van der Waals surface area contributed by atoms with Gasteiger partial charge in [0.05, 0.1) is 13.1 Å². The number of rotatable bonds is 5. The van der Waals surface area contributed by atoms with Crippen molar-refractivity contribution in [3.8, 4) is 12.3 Å². The third-order valence-electron chi connectivity index (χ3n) is 2.32.